The number of amides is 1. The lowest BCUT2D eigenvalue weighted by atomic mass is 9.77. The molecule has 2 atom stereocenters. The summed E-state index contributed by atoms with van der Waals surface area (Å²) in [4.78, 5) is 14.3. The summed E-state index contributed by atoms with van der Waals surface area (Å²) in [5, 5.41) is 11.3. The lowest BCUT2D eigenvalue weighted by Gasteiger charge is -2.51. The summed E-state index contributed by atoms with van der Waals surface area (Å²) in [7, 11) is 1.45. The van der Waals surface area contributed by atoms with Crippen molar-refractivity contribution in [3.8, 4) is 5.75 Å². The van der Waals surface area contributed by atoms with E-state index in [9.17, 15) is 14.3 Å². The molecule has 0 aliphatic carbocycles. The molecule has 1 aromatic carbocycles. The zero-order valence-electron chi connectivity index (χ0n) is 15.6. The van der Waals surface area contributed by atoms with Crippen molar-refractivity contribution in [1.29, 1.82) is 0 Å². The fourth-order valence-corrected chi connectivity index (χ4v) is 3.77. The van der Waals surface area contributed by atoms with Crippen molar-refractivity contribution < 1.29 is 28.5 Å². The highest BCUT2D eigenvalue weighted by atomic mass is 19.1. The van der Waals surface area contributed by atoms with Crippen LogP contribution in [0.1, 0.15) is 39.2 Å². The molecule has 2 bridgehead atoms. The van der Waals surface area contributed by atoms with Crippen LogP contribution in [0.2, 0.25) is 0 Å². The second-order valence-electron chi connectivity index (χ2n) is 8.05. The van der Waals surface area contributed by atoms with Crippen LogP contribution in [0.3, 0.4) is 0 Å². The Balaban J connectivity index is 1.87. The Bertz CT molecular complexity index is 673. The van der Waals surface area contributed by atoms with Crippen molar-refractivity contribution in [2.75, 3.05) is 20.3 Å². The van der Waals surface area contributed by atoms with Crippen LogP contribution in [0, 0.1) is 5.82 Å². The molecule has 1 N–H and O–H groups in total. The molecule has 1 amide bonds. The monoisotopic (exact) mass is 367 g/mol. The van der Waals surface area contributed by atoms with Crippen LogP contribution < -0.4 is 4.74 Å². The summed E-state index contributed by atoms with van der Waals surface area (Å²) < 4.78 is 30.1. The van der Waals surface area contributed by atoms with Gasteiger partial charge < -0.3 is 19.3 Å². The molecule has 2 heterocycles. The largest absolute Gasteiger partial charge is 0.497 e. The molecule has 0 aromatic heterocycles. The number of halogens is 1. The number of hydrogen-bond acceptors (Lipinski definition) is 5. The number of rotatable bonds is 2. The minimum atomic E-state index is -1.26. The Morgan fingerprint density at radius 1 is 1.27 bits per heavy atom. The quantitative estimate of drug-likeness (QED) is 0.871. The minimum Gasteiger partial charge on any atom is -0.497 e. The normalized spacial score (nSPS) is 28.6. The maximum absolute atomic E-state index is 13.9. The van der Waals surface area contributed by atoms with Crippen molar-refractivity contribution in [1.82, 2.24) is 4.90 Å². The van der Waals surface area contributed by atoms with Crippen molar-refractivity contribution in [3.05, 3.63) is 29.6 Å². The van der Waals surface area contributed by atoms with Gasteiger partial charge in [-0.3, -0.25) is 4.90 Å². The number of aliphatic hydroxyl groups is 1. The van der Waals surface area contributed by atoms with Gasteiger partial charge in [-0.25, -0.2) is 9.18 Å². The molecule has 2 aliphatic rings. The third-order valence-electron chi connectivity index (χ3n) is 4.80. The fourth-order valence-electron chi connectivity index (χ4n) is 3.77. The van der Waals surface area contributed by atoms with Gasteiger partial charge in [0.25, 0.3) is 0 Å². The molecule has 0 spiro atoms. The molecule has 26 heavy (non-hydrogen) atoms. The number of piperidine rings is 1. The zero-order valence-corrected chi connectivity index (χ0v) is 15.6. The van der Waals surface area contributed by atoms with Crippen LogP contribution in [-0.2, 0) is 15.1 Å². The molecule has 2 saturated heterocycles. The molecule has 2 aliphatic heterocycles. The van der Waals surface area contributed by atoms with Crippen molar-refractivity contribution in [3.63, 3.8) is 0 Å². The van der Waals surface area contributed by atoms with Gasteiger partial charge in [-0.15, -0.1) is 0 Å². The first-order chi connectivity index (χ1) is 12.1. The summed E-state index contributed by atoms with van der Waals surface area (Å²) in [6.07, 6.45) is 0.0831. The Hall–Kier alpha value is -1.86. The smallest absolute Gasteiger partial charge is 0.410 e. The molecule has 7 heteroatoms. The Kier molecular flexibility index (Phi) is 4.88. The average molecular weight is 367 g/mol. The second kappa shape index (κ2) is 6.70. The highest BCUT2D eigenvalue weighted by Gasteiger charge is 2.50. The molecular weight excluding hydrogens is 341 g/mol. The van der Waals surface area contributed by atoms with Crippen LogP contribution in [0.15, 0.2) is 18.2 Å². The Morgan fingerprint density at radius 3 is 2.42 bits per heavy atom. The number of morpholine rings is 1. The lowest BCUT2D eigenvalue weighted by Crippen LogP contribution is -2.63. The number of benzene rings is 1. The van der Waals surface area contributed by atoms with E-state index in [1.54, 1.807) is 11.0 Å². The first-order valence-corrected chi connectivity index (χ1v) is 8.78. The van der Waals surface area contributed by atoms with Gasteiger partial charge in [-0.05, 0) is 38.5 Å². The van der Waals surface area contributed by atoms with Crippen LogP contribution >= 0.6 is 0 Å². The fraction of sp³-hybridized carbons (Fsp3) is 0.632. The standard InChI is InChI=1S/C19H26FNO5/c1-18(2,3)26-17(22)21-14-8-19(23,9-15(21)11-25-10-14)12-5-13(20)7-16(6-12)24-4/h5-7,14-15,23H,8-11H2,1-4H3. The molecule has 2 fully saturated rings. The zero-order chi connectivity index (χ0) is 19.1. The van der Waals surface area contributed by atoms with Gasteiger partial charge >= 0.3 is 6.09 Å². The van der Waals surface area contributed by atoms with E-state index in [0.717, 1.165) is 0 Å². The summed E-state index contributed by atoms with van der Waals surface area (Å²) >= 11 is 0. The van der Waals surface area contributed by atoms with Gasteiger partial charge in [-0.1, -0.05) is 0 Å². The molecule has 0 radical (unpaired) electrons. The highest BCUT2D eigenvalue weighted by Crippen LogP contribution is 2.42. The van der Waals surface area contributed by atoms with Crippen LogP contribution in [0.4, 0.5) is 9.18 Å². The van der Waals surface area contributed by atoms with E-state index in [-0.39, 0.29) is 24.9 Å². The third kappa shape index (κ3) is 3.78. The minimum absolute atomic E-state index is 0.245. The topological polar surface area (TPSA) is 68.2 Å². The number of hydrogen-bond donors (Lipinski definition) is 1. The average Bonchev–Trinajstić information content (AvgIpc) is 2.51. The van der Waals surface area contributed by atoms with Crippen molar-refractivity contribution in [2.45, 2.75) is 56.9 Å². The van der Waals surface area contributed by atoms with Gasteiger partial charge in [0, 0.05) is 18.9 Å². The van der Waals surface area contributed by atoms with E-state index in [4.69, 9.17) is 14.2 Å². The van der Waals surface area contributed by atoms with Crippen LogP contribution in [0.25, 0.3) is 0 Å². The number of methoxy groups -OCH3 is 1. The summed E-state index contributed by atoms with van der Waals surface area (Å²) in [6.45, 7) is 6.07. The van der Waals surface area contributed by atoms with Crippen molar-refractivity contribution >= 4 is 6.09 Å². The predicted molar refractivity (Wildman–Crippen MR) is 92.6 cm³/mol. The SMILES string of the molecule is COc1cc(F)cc(C2(O)CC3COCC(C2)N3C(=O)OC(C)(C)C)c1. The van der Waals surface area contributed by atoms with Crippen molar-refractivity contribution in [2.24, 2.45) is 0 Å². The van der Waals surface area contributed by atoms with Crippen LogP contribution in [-0.4, -0.2) is 54.1 Å². The summed E-state index contributed by atoms with van der Waals surface area (Å²) in [5.41, 5.74) is -1.40. The second-order valence-corrected chi connectivity index (χ2v) is 8.05. The highest BCUT2D eigenvalue weighted by molar-refractivity contribution is 5.69. The van der Waals surface area contributed by atoms with Gasteiger partial charge in [0.1, 0.15) is 17.2 Å². The molecule has 144 valence electrons. The van der Waals surface area contributed by atoms with E-state index in [0.29, 0.717) is 24.5 Å². The number of carbonyl (C=O) groups is 1. The first kappa shape index (κ1) is 18.9. The van der Waals surface area contributed by atoms with Gasteiger partial charge in [0.15, 0.2) is 0 Å². The van der Waals surface area contributed by atoms with E-state index in [2.05, 4.69) is 0 Å². The lowest BCUT2D eigenvalue weighted by molar-refractivity contribution is -0.141. The molecule has 3 rings (SSSR count). The molecule has 6 nitrogen and oxygen atoms in total. The Morgan fingerprint density at radius 2 is 1.88 bits per heavy atom. The number of carbonyl (C=O) groups excluding carboxylic acids is 1. The number of nitrogens with zero attached hydrogens (tertiary/aromatic N) is 1. The van der Waals surface area contributed by atoms with Gasteiger partial charge in [0.2, 0.25) is 0 Å². The Labute approximate surface area is 152 Å². The molecular formula is C19H26FNO5. The third-order valence-corrected chi connectivity index (χ3v) is 4.80. The maximum atomic E-state index is 13.9. The predicted octanol–water partition coefficient (Wildman–Crippen LogP) is 2.82. The molecule has 0 saturated carbocycles. The summed E-state index contributed by atoms with van der Waals surface area (Å²) in [6, 6.07) is 3.56. The van der Waals surface area contributed by atoms with E-state index in [1.807, 2.05) is 20.8 Å². The van der Waals surface area contributed by atoms with E-state index >= 15 is 0 Å². The van der Waals surface area contributed by atoms with Gasteiger partial charge in [0.05, 0.1) is 38.0 Å². The first-order valence-electron chi connectivity index (χ1n) is 8.78. The number of fused-ring (bicyclic) bond motifs is 2. The molecule has 1 aromatic rings. The van der Waals surface area contributed by atoms with E-state index in [1.165, 1.54) is 19.2 Å². The molecule has 2 unspecified atom stereocenters. The number of ether oxygens (including phenoxy) is 3. The van der Waals surface area contributed by atoms with E-state index < -0.39 is 23.1 Å². The maximum Gasteiger partial charge on any atom is 0.410 e. The summed E-state index contributed by atoms with van der Waals surface area (Å²) in [5.74, 6) is -0.117. The van der Waals surface area contributed by atoms with Crippen LogP contribution in [0.5, 0.6) is 5.75 Å². The van der Waals surface area contributed by atoms with Gasteiger partial charge in [-0.2, -0.15) is 0 Å².